The molecule has 0 aliphatic rings. The minimum Gasteiger partial charge on any atom is -0.382 e. The van der Waals surface area contributed by atoms with Crippen LogP contribution in [0.2, 0.25) is 0 Å². The summed E-state index contributed by atoms with van der Waals surface area (Å²) < 4.78 is 1.66. The van der Waals surface area contributed by atoms with Gasteiger partial charge in [-0.15, -0.1) is 4.79 Å². The number of fused-ring (bicyclic) bond motifs is 2. The Bertz CT molecular complexity index is 890. The molecule has 4 aromatic rings. The number of nitrogen functional groups attached to an aromatic ring is 1. The van der Waals surface area contributed by atoms with E-state index in [4.69, 9.17) is 5.73 Å². The number of hydrogen-bond donors (Lipinski definition) is 1. The highest BCUT2D eigenvalue weighted by atomic mass is 15.6. The maximum Gasteiger partial charge on any atom is 0.186 e. The van der Waals surface area contributed by atoms with Crippen LogP contribution in [0.3, 0.4) is 0 Å². The third-order valence-corrected chi connectivity index (χ3v) is 2.76. The van der Waals surface area contributed by atoms with Crippen molar-refractivity contribution in [3.8, 4) is 0 Å². The maximum atomic E-state index is 5.75. The smallest absolute Gasteiger partial charge is 0.186 e. The fraction of sp³-hybridized carbons (Fsp3) is 0. The van der Waals surface area contributed by atoms with Gasteiger partial charge in [-0.05, 0) is 0 Å². The largest absolute Gasteiger partial charge is 0.382 e. The molecule has 0 bridgehead atoms. The van der Waals surface area contributed by atoms with Crippen LogP contribution < -0.4 is 5.73 Å². The van der Waals surface area contributed by atoms with E-state index in [1.165, 1.54) is 12.7 Å². The summed E-state index contributed by atoms with van der Waals surface area (Å²) in [6.07, 6.45) is 7.78. The lowest BCUT2D eigenvalue weighted by atomic mass is 10.4. The summed E-state index contributed by atoms with van der Waals surface area (Å²) in [6.45, 7) is 0. The summed E-state index contributed by atoms with van der Waals surface area (Å²) in [6, 6.07) is 0. The molecule has 4 heterocycles. The van der Waals surface area contributed by atoms with Gasteiger partial charge in [0.05, 0.1) is 11.6 Å². The summed E-state index contributed by atoms with van der Waals surface area (Å²) in [7, 11) is 0. The molecule has 2 N–H and O–H groups in total. The van der Waals surface area contributed by atoms with Gasteiger partial charge in [-0.3, -0.25) is 0 Å². The molecule has 92 valence electrons. The molecule has 0 saturated heterocycles. The molecule has 19 heavy (non-hydrogen) atoms. The Balaban J connectivity index is 2.07. The molecular formula is C10H7N9. The van der Waals surface area contributed by atoms with E-state index < -0.39 is 0 Å². The van der Waals surface area contributed by atoms with E-state index in [-0.39, 0.29) is 0 Å². The zero-order chi connectivity index (χ0) is 12.8. The third-order valence-electron chi connectivity index (χ3n) is 2.76. The van der Waals surface area contributed by atoms with E-state index in [0.29, 0.717) is 22.6 Å². The van der Waals surface area contributed by atoms with Crippen molar-refractivity contribution >= 4 is 28.0 Å². The molecule has 0 aromatic carbocycles. The van der Waals surface area contributed by atoms with Gasteiger partial charge in [0.2, 0.25) is 0 Å². The molecule has 0 atom stereocenters. The maximum absolute atomic E-state index is 5.75. The van der Waals surface area contributed by atoms with Gasteiger partial charge in [0.25, 0.3) is 0 Å². The van der Waals surface area contributed by atoms with Crippen molar-refractivity contribution in [3.05, 3.63) is 31.4 Å². The summed E-state index contributed by atoms with van der Waals surface area (Å²) in [5, 5.41) is 5.08. The molecular weight excluding hydrogens is 246 g/mol. The lowest BCUT2D eigenvalue weighted by Gasteiger charge is -2.03. The number of anilines is 1. The normalized spacial score (nSPS) is 11.4. The van der Waals surface area contributed by atoms with Crippen molar-refractivity contribution in [1.82, 2.24) is 39.5 Å². The first-order chi connectivity index (χ1) is 9.34. The van der Waals surface area contributed by atoms with Crippen molar-refractivity contribution < 1.29 is 0 Å². The first-order valence-corrected chi connectivity index (χ1v) is 5.42. The van der Waals surface area contributed by atoms with Crippen LogP contribution in [-0.4, -0.2) is 39.5 Å². The molecule has 4 aromatic heterocycles. The average molecular weight is 253 g/mol. The van der Waals surface area contributed by atoms with Crippen LogP contribution in [0.25, 0.3) is 22.2 Å². The minimum absolute atomic E-state index is 0.329. The number of nitrogens with zero attached hydrogens (tertiary/aromatic N) is 8. The highest BCUT2D eigenvalue weighted by Crippen LogP contribution is 2.16. The van der Waals surface area contributed by atoms with E-state index in [9.17, 15) is 0 Å². The van der Waals surface area contributed by atoms with Crippen LogP contribution >= 0.6 is 0 Å². The topological polar surface area (TPSA) is 113 Å². The van der Waals surface area contributed by atoms with Crippen LogP contribution in [0.4, 0.5) is 5.82 Å². The predicted molar refractivity (Wildman–Crippen MR) is 65.9 cm³/mol. The molecule has 4 rings (SSSR count). The van der Waals surface area contributed by atoms with E-state index in [0.717, 1.165) is 5.39 Å². The summed E-state index contributed by atoms with van der Waals surface area (Å²) in [5.74, 6) is 0.329. The summed E-state index contributed by atoms with van der Waals surface area (Å²) in [5.41, 5.74) is 7.51. The van der Waals surface area contributed by atoms with E-state index >= 15 is 0 Å². The van der Waals surface area contributed by atoms with Gasteiger partial charge in [-0.25, -0.2) is 24.9 Å². The van der Waals surface area contributed by atoms with Gasteiger partial charge in [0.15, 0.2) is 22.6 Å². The second kappa shape index (κ2) is 3.45. The second-order valence-corrected chi connectivity index (χ2v) is 3.86. The zero-order valence-corrected chi connectivity index (χ0v) is 9.54. The first kappa shape index (κ1) is 9.88. The van der Waals surface area contributed by atoms with Crippen LogP contribution in [-0.2, 0) is 0 Å². The number of nitrogens with two attached hydrogens (primary N) is 1. The predicted octanol–water partition coefficient (Wildman–Crippen LogP) is -0.140. The molecule has 0 saturated carbocycles. The van der Waals surface area contributed by atoms with Crippen molar-refractivity contribution in [2.75, 3.05) is 5.73 Å². The highest BCUT2D eigenvalue weighted by molar-refractivity contribution is 5.81. The highest BCUT2D eigenvalue weighted by Gasteiger charge is 2.12. The molecule has 0 aliphatic heterocycles. The lowest BCUT2D eigenvalue weighted by molar-refractivity contribution is 0.602. The molecule has 0 fully saturated rings. The van der Waals surface area contributed by atoms with Gasteiger partial charge >= 0.3 is 0 Å². The molecule has 9 nitrogen and oxygen atoms in total. The Morgan fingerprint density at radius 2 is 1.84 bits per heavy atom. The number of hydrogen-bond acceptors (Lipinski definition) is 7. The van der Waals surface area contributed by atoms with Crippen LogP contribution in [0.15, 0.2) is 31.4 Å². The average Bonchev–Trinajstić information content (AvgIpc) is 3.02. The van der Waals surface area contributed by atoms with Crippen LogP contribution in [0, 0.1) is 0 Å². The van der Waals surface area contributed by atoms with Crippen molar-refractivity contribution in [2.24, 2.45) is 0 Å². The Morgan fingerprint density at radius 1 is 0.947 bits per heavy atom. The summed E-state index contributed by atoms with van der Waals surface area (Å²) >= 11 is 0. The van der Waals surface area contributed by atoms with Gasteiger partial charge in [0, 0.05) is 6.20 Å². The van der Waals surface area contributed by atoms with Crippen LogP contribution in [0.5, 0.6) is 0 Å². The van der Waals surface area contributed by atoms with E-state index in [1.54, 1.807) is 28.2 Å². The van der Waals surface area contributed by atoms with Crippen molar-refractivity contribution in [2.45, 2.75) is 0 Å². The standard InChI is InChI=1S/C10H7N9/c11-8-7-10(15-4-13-8)18(5-16-7)19-9-6(2-17-19)1-12-3-14-9/h1-5H,(H2,11,13,15). The fourth-order valence-electron chi connectivity index (χ4n) is 1.90. The first-order valence-electron chi connectivity index (χ1n) is 5.42. The molecule has 0 radical (unpaired) electrons. The van der Waals surface area contributed by atoms with Crippen molar-refractivity contribution in [1.29, 1.82) is 0 Å². The van der Waals surface area contributed by atoms with Gasteiger partial charge in [-0.2, -0.15) is 9.77 Å². The monoisotopic (exact) mass is 253 g/mol. The molecule has 0 unspecified atom stereocenters. The Kier molecular flexibility index (Phi) is 1.79. The number of imidazole rings is 1. The second-order valence-electron chi connectivity index (χ2n) is 3.86. The Labute approximate surface area is 105 Å². The van der Waals surface area contributed by atoms with Gasteiger partial charge < -0.3 is 5.73 Å². The van der Waals surface area contributed by atoms with E-state index in [2.05, 4.69) is 30.0 Å². The Morgan fingerprint density at radius 3 is 2.79 bits per heavy atom. The SMILES string of the molecule is Nc1ncnc2c1ncn2-n1ncc2cncnc21. The molecule has 0 amide bonds. The Hall–Kier alpha value is -3.10. The molecule has 0 aliphatic carbocycles. The van der Waals surface area contributed by atoms with Crippen LogP contribution in [0.1, 0.15) is 0 Å². The number of rotatable bonds is 1. The lowest BCUT2D eigenvalue weighted by Crippen LogP contribution is -2.11. The minimum atomic E-state index is 0.329. The quantitative estimate of drug-likeness (QED) is 0.502. The van der Waals surface area contributed by atoms with Gasteiger partial charge in [-0.1, -0.05) is 0 Å². The fourth-order valence-corrected chi connectivity index (χ4v) is 1.90. The zero-order valence-electron chi connectivity index (χ0n) is 9.54. The van der Waals surface area contributed by atoms with E-state index in [1.807, 2.05) is 0 Å². The number of aromatic nitrogens is 8. The van der Waals surface area contributed by atoms with Crippen molar-refractivity contribution in [3.63, 3.8) is 0 Å². The molecule has 9 heteroatoms. The van der Waals surface area contributed by atoms with Gasteiger partial charge in [0.1, 0.15) is 19.0 Å². The summed E-state index contributed by atoms with van der Waals surface area (Å²) in [4.78, 5) is 22.0. The molecule has 0 spiro atoms. The third kappa shape index (κ3) is 1.29.